The number of rotatable bonds is 1. The Kier molecular flexibility index (Phi) is 5.74. The Morgan fingerprint density at radius 1 is 1.25 bits per heavy atom. The van der Waals surface area contributed by atoms with Gasteiger partial charge in [-0.05, 0) is 51.3 Å². The number of carbonyl (C=O) groups excluding carboxylic acids is 1. The summed E-state index contributed by atoms with van der Waals surface area (Å²) < 4.78 is 53.3. The predicted octanol–water partition coefficient (Wildman–Crippen LogP) is 4.49. The molecule has 12 heteroatoms. The number of esters is 1. The van der Waals surface area contributed by atoms with Crippen LogP contribution in [0.1, 0.15) is 15.9 Å². The summed E-state index contributed by atoms with van der Waals surface area (Å²) >= 11 is 9.06. The van der Waals surface area contributed by atoms with Gasteiger partial charge in [0.2, 0.25) is 5.88 Å². The maximum atomic E-state index is 14.7. The summed E-state index contributed by atoms with van der Waals surface area (Å²) in [5.74, 6) is -2.18. The van der Waals surface area contributed by atoms with Crippen LogP contribution in [0.2, 0.25) is 5.02 Å². The molecule has 0 aliphatic carbocycles. The quantitative estimate of drug-likeness (QED) is 0.435. The van der Waals surface area contributed by atoms with E-state index in [0.717, 1.165) is 12.1 Å². The van der Waals surface area contributed by atoms with Crippen molar-refractivity contribution in [3.8, 4) is 22.8 Å². The molecule has 2 heterocycles. The minimum Gasteiger partial charge on any atom is -0.505 e. The Bertz CT molecular complexity index is 1380. The fourth-order valence-electron chi connectivity index (χ4n) is 3.10. The largest absolute Gasteiger partial charge is 0.505 e. The van der Waals surface area contributed by atoms with Crippen LogP contribution in [0.4, 0.5) is 10.1 Å². The minimum absolute atomic E-state index is 0.0555. The first-order valence-electron chi connectivity index (χ1n) is 8.85. The van der Waals surface area contributed by atoms with Crippen molar-refractivity contribution in [2.75, 3.05) is 11.8 Å². The Hall–Kier alpha value is -2.89. The molecule has 8 nitrogen and oxygen atoms in total. The number of anilines is 1. The molecule has 0 radical (unpaired) electrons. The Morgan fingerprint density at radius 2 is 2.00 bits per heavy atom. The van der Waals surface area contributed by atoms with Crippen LogP contribution in [-0.2, 0) is 21.4 Å². The SMILES string of the molecule is COc1cc2c(cn1)COC(=O)c1cc(Br)c(O)c(c1)S(=O)(=O)Nc1cc-2cc(F)c1Cl. The fraction of sp³-hybridized carbons (Fsp3) is 0.100. The normalized spacial score (nSPS) is 14.7. The summed E-state index contributed by atoms with van der Waals surface area (Å²) in [7, 11) is -3.09. The number of methoxy groups -OCH3 is 1. The highest BCUT2D eigenvalue weighted by Crippen LogP contribution is 2.38. The van der Waals surface area contributed by atoms with E-state index in [9.17, 15) is 22.7 Å². The zero-order valence-electron chi connectivity index (χ0n) is 16.1. The number of aromatic hydroxyl groups is 1. The third-order valence-electron chi connectivity index (χ3n) is 4.67. The number of phenolic OH excluding ortho intramolecular Hbond substituents is 1. The summed E-state index contributed by atoms with van der Waals surface area (Å²) in [4.78, 5) is 16.1. The van der Waals surface area contributed by atoms with Gasteiger partial charge in [-0.3, -0.25) is 4.72 Å². The summed E-state index contributed by atoms with van der Waals surface area (Å²) in [5.41, 5.74) is 0.618. The summed E-state index contributed by atoms with van der Waals surface area (Å²) in [6, 6.07) is 6.08. The predicted molar refractivity (Wildman–Crippen MR) is 117 cm³/mol. The lowest BCUT2D eigenvalue weighted by Gasteiger charge is -2.15. The van der Waals surface area contributed by atoms with Crippen LogP contribution in [0.5, 0.6) is 11.6 Å². The highest BCUT2D eigenvalue weighted by molar-refractivity contribution is 9.10. The number of cyclic esters (lactones) is 1. The number of hydrogen-bond acceptors (Lipinski definition) is 7. The van der Waals surface area contributed by atoms with Crippen molar-refractivity contribution in [1.29, 1.82) is 0 Å². The topological polar surface area (TPSA) is 115 Å². The van der Waals surface area contributed by atoms with Gasteiger partial charge < -0.3 is 14.6 Å². The molecule has 0 spiro atoms. The molecule has 4 bridgehead atoms. The van der Waals surface area contributed by atoms with E-state index in [1.165, 1.54) is 31.5 Å². The van der Waals surface area contributed by atoms with Gasteiger partial charge in [0, 0.05) is 17.8 Å². The third-order valence-corrected chi connectivity index (χ3v) is 7.03. The van der Waals surface area contributed by atoms with Crippen LogP contribution >= 0.6 is 27.5 Å². The van der Waals surface area contributed by atoms with Gasteiger partial charge in [0.05, 0.1) is 22.8 Å². The fourth-order valence-corrected chi connectivity index (χ4v) is 5.11. The molecule has 0 saturated heterocycles. The van der Waals surface area contributed by atoms with Gasteiger partial charge in [-0.25, -0.2) is 22.6 Å². The molecule has 1 aromatic heterocycles. The molecule has 0 atom stereocenters. The van der Waals surface area contributed by atoms with Gasteiger partial charge in [0.1, 0.15) is 28.1 Å². The first kappa shape index (κ1) is 22.3. The molecule has 1 aliphatic rings. The van der Waals surface area contributed by atoms with E-state index >= 15 is 0 Å². The van der Waals surface area contributed by atoms with E-state index in [1.54, 1.807) is 0 Å². The van der Waals surface area contributed by atoms with E-state index in [0.29, 0.717) is 11.1 Å². The summed E-state index contributed by atoms with van der Waals surface area (Å²) in [6.07, 6.45) is 1.40. The second-order valence-corrected chi connectivity index (χ2v) is 9.57. The monoisotopic (exact) mass is 542 g/mol. The van der Waals surface area contributed by atoms with Crippen molar-refractivity contribution < 1.29 is 32.2 Å². The van der Waals surface area contributed by atoms with Gasteiger partial charge >= 0.3 is 5.97 Å². The van der Waals surface area contributed by atoms with E-state index < -0.39 is 37.5 Å². The van der Waals surface area contributed by atoms with E-state index in [2.05, 4.69) is 25.6 Å². The number of halogens is 3. The number of benzene rings is 2. The second-order valence-electron chi connectivity index (χ2n) is 6.69. The molecule has 0 fully saturated rings. The zero-order valence-corrected chi connectivity index (χ0v) is 19.3. The van der Waals surface area contributed by atoms with Crippen molar-refractivity contribution >= 4 is 49.2 Å². The van der Waals surface area contributed by atoms with Gasteiger partial charge in [-0.15, -0.1) is 0 Å². The van der Waals surface area contributed by atoms with Crippen molar-refractivity contribution in [3.63, 3.8) is 0 Å². The molecular weight excluding hydrogens is 531 g/mol. The zero-order chi connectivity index (χ0) is 23.2. The molecule has 2 aromatic carbocycles. The summed E-state index contributed by atoms with van der Waals surface area (Å²) in [6.45, 7) is -0.251. The Labute approximate surface area is 195 Å². The molecule has 4 rings (SSSR count). The maximum absolute atomic E-state index is 14.7. The molecule has 1 aliphatic heterocycles. The number of fused-ring (bicyclic) bond motifs is 6. The van der Waals surface area contributed by atoms with Crippen LogP contribution in [-0.4, -0.2) is 31.6 Å². The first-order chi connectivity index (χ1) is 15.1. The Morgan fingerprint density at radius 3 is 2.72 bits per heavy atom. The smallest absolute Gasteiger partial charge is 0.338 e. The lowest BCUT2D eigenvalue weighted by molar-refractivity contribution is 0.0472. The highest BCUT2D eigenvalue weighted by Gasteiger charge is 2.27. The second kappa shape index (κ2) is 8.23. The Balaban J connectivity index is 2.02. The van der Waals surface area contributed by atoms with Crippen molar-refractivity contribution in [2.45, 2.75) is 11.5 Å². The number of aromatic nitrogens is 1. The van der Waals surface area contributed by atoms with Crippen molar-refractivity contribution in [2.24, 2.45) is 0 Å². The van der Waals surface area contributed by atoms with Crippen LogP contribution in [0.25, 0.3) is 11.1 Å². The average Bonchev–Trinajstić information content (AvgIpc) is 2.76. The lowest BCUT2D eigenvalue weighted by Crippen LogP contribution is -2.15. The molecular formula is C20H13BrClFN2O6S. The third kappa shape index (κ3) is 3.98. The molecule has 32 heavy (non-hydrogen) atoms. The number of hydrogen-bond donors (Lipinski definition) is 2. The number of ether oxygens (including phenoxy) is 2. The molecule has 0 unspecified atom stereocenters. The van der Waals surface area contributed by atoms with Crippen molar-refractivity contribution in [3.05, 3.63) is 63.0 Å². The highest BCUT2D eigenvalue weighted by atomic mass is 79.9. The lowest BCUT2D eigenvalue weighted by atomic mass is 10.0. The standard InChI is InChI=1S/C20H13BrClFN2O6S/c1-30-17-6-12-9-3-14(23)18(22)15(4-9)25-32(28,29)16-5-10(2-13(21)19(16)26)20(27)31-8-11(12)7-24-17/h2-7,25-26H,8H2,1H3. The van der Waals surface area contributed by atoms with Crippen LogP contribution < -0.4 is 9.46 Å². The van der Waals surface area contributed by atoms with E-state index in [-0.39, 0.29) is 33.8 Å². The average molecular weight is 544 g/mol. The van der Waals surface area contributed by atoms with Crippen LogP contribution in [0.15, 0.2) is 45.9 Å². The van der Waals surface area contributed by atoms with E-state index in [1.807, 2.05) is 0 Å². The molecule has 0 saturated carbocycles. The number of carbonyl (C=O) groups is 1. The van der Waals surface area contributed by atoms with Gasteiger partial charge in [-0.1, -0.05) is 11.6 Å². The summed E-state index contributed by atoms with van der Waals surface area (Å²) in [5, 5.41) is 9.82. The number of nitrogens with one attached hydrogen (secondary N) is 1. The van der Waals surface area contributed by atoms with Gasteiger partial charge in [0.25, 0.3) is 10.0 Å². The van der Waals surface area contributed by atoms with Gasteiger partial charge in [0.15, 0.2) is 0 Å². The molecule has 2 N–H and O–H groups in total. The number of phenols is 1. The molecule has 0 amide bonds. The number of pyridine rings is 1. The molecule has 3 aromatic rings. The van der Waals surface area contributed by atoms with Gasteiger partial charge in [-0.2, -0.15) is 0 Å². The van der Waals surface area contributed by atoms with E-state index in [4.69, 9.17) is 21.1 Å². The van der Waals surface area contributed by atoms with Crippen molar-refractivity contribution in [1.82, 2.24) is 4.98 Å². The number of nitrogens with zero attached hydrogens (tertiary/aromatic N) is 1. The molecule has 166 valence electrons. The maximum Gasteiger partial charge on any atom is 0.338 e. The van der Waals surface area contributed by atoms with Crippen LogP contribution in [0, 0.1) is 5.82 Å². The van der Waals surface area contributed by atoms with Crippen LogP contribution in [0.3, 0.4) is 0 Å². The minimum atomic E-state index is -4.49. The first-order valence-corrected chi connectivity index (χ1v) is 11.5. The number of sulfonamides is 1.